The van der Waals surface area contributed by atoms with Gasteiger partial charge in [-0.1, -0.05) is 0 Å². The Morgan fingerprint density at radius 2 is 1.96 bits per heavy atom. The van der Waals surface area contributed by atoms with Crippen molar-refractivity contribution in [2.45, 2.75) is 23.5 Å². The first kappa shape index (κ1) is 21.2. The Labute approximate surface area is 156 Å². The molecule has 0 saturated carbocycles. The van der Waals surface area contributed by atoms with E-state index in [0.29, 0.717) is 31.9 Å². The molecule has 2 N–H and O–H groups in total. The standard InChI is InChI=1S/C15H20F3N3O3S.ClH/c16-15(17,18)14(21-6-4-19-5-7-21)10-20-25(22,23)12-1-2-13-11(9-12)3-8-24-13;/h1-2,9,14,19-20H,3-8,10H2;1H. The average Bonchev–Trinajstić information content (AvgIpc) is 3.02. The lowest BCUT2D eigenvalue weighted by Gasteiger charge is -2.35. The van der Waals surface area contributed by atoms with Gasteiger partial charge in [-0.2, -0.15) is 13.2 Å². The van der Waals surface area contributed by atoms with Crippen LogP contribution in [0.15, 0.2) is 23.1 Å². The van der Waals surface area contributed by atoms with E-state index in [1.807, 2.05) is 0 Å². The van der Waals surface area contributed by atoms with Gasteiger partial charge in [0.1, 0.15) is 11.8 Å². The van der Waals surface area contributed by atoms with Crippen LogP contribution in [-0.2, 0) is 16.4 Å². The number of alkyl halides is 3. The number of hydrogen-bond acceptors (Lipinski definition) is 5. The number of sulfonamides is 1. The third kappa shape index (κ3) is 4.80. The van der Waals surface area contributed by atoms with E-state index < -0.39 is 28.8 Å². The van der Waals surface area contributed by atoms with Gasteiger partial charge in [0.25, 0.3) is 0 Å². The van der Waals surface area contributed by atoms with Gasteiger partial charge in [0, 0.05) is 39.1 Å². The lowest BCUT2D eigenvalue weighted by Crippen LogP contribution is -2.57. The zero-order valence-electron chi connectivity index (χ0n) is 13.9. The summed E-state index contributed by atoms with van der Waals surface area (Å²) in [4.78, 5) is 1.22. The van der Waals surface area contributed by atoms with Gasteiger partial charge in [0.2, 0.25) is 10.0 Å². The van der Waals surface area contributed by atoms with Crippen molar-refractivity contribution in [2.75, 3.05) is 39.3 Å². The zero-order valence-corrected chi connectivity index (χ0v) is 15.5. The molecule has 2 aliphatic rings. The maximum absolute atomic E-state index is 13.3. The number of nitrogens with zero attached hydrogens (tertiary/aromatic N) is 1. The van der Waals surface area contributed by atoms with Gasteiger partial charge in [-0.25, -0.2) is 13.1 Å². The second-order valence-corrected chi connectivity index (χ2v) is 7.83. The SMILES string of the molecule is Cl.O=S(=O)(NCC(N1CCNCC1)C(F)(F)F)c1ccc2c(c1)CCO2. The second kappa shape index (κ2) is 8.30. The van der Waals surface area contributed by atoms with Crippen LogP contribution in [0.4, 0.5) is 13.2 Å². The first-order valence-corrected chi connectivity index (χ1v) is 9.52. The highest BCUT2D eigenvalue weighted by atomic mass is 35.5. The summed E-state index contributed by atoms with van der Waals surface area (Å²) in [6.45, 7) is 1.11. The van der Waals surface area contributed by atoms with Crippen LogP contribution in [0.1, 0.15) is 5.56 Å². The number of piperazine rings is 1. The lowest BCUT2D eigenvalue weighted by atomic mass is 10.2. The molecule has 0 amide bonds. The topological polar surface area (TPSA) is 70.7 Å². The van der Waals surface area contributed by atoms with Crippen molar-refractivity contribution in [2.24, 2.45) is 0 Å². The molecule has 0 aliphatic carbocycles. The van der Waals surface area contributed by atoms with Crippen molar-refractivity contribution in [3.8, 4) is 5.75 Å². The largest absolute Gasteiger partial charge is 0.493 e. The molecule has 1 saturated heterocycles. The summed E-state index contributed by atoms with van der Waals surface area (Å²) >= 11 is 0. The van der Waals surface area contributed by atoms with Crippen LogP contribution in [0, 0.1) is 0 Å². The molecule has 1 aromatic rings. The number of nitrogens with one attached hydrogen (secondary N) is 2. The molecule has 148 valence electrons. The smallest absolute Gasteiger partial charge is 0.405 e. The fourth-order valence-electron chi connectivity index (χ4n) is 3.05. The number of benzene rings is 1. The van der Waals surface area contributed by atoms with Crippen molar-refractivity contribution in [3.63, 3.8) is 0 Å². The molecule has 0 bridgehead atoms. The van der Waals surface area contributed by atoms with Gasteiger partial charge in [0.05, 0.1) is 11.5 Å². The summed E-state index contributed by atoms with van der Waals surface area (Å²) in [7, 11) is -4.02. The van der Waals surface area contributed by atoms with Gasteiger partial charge in [-0.05, 0) is 23.8 Å². The Kier molecular flexibility index (Phi) is 6.78. The van der Waals surface area contributed by atoms with Crippen molar-refractivity contribution in [1.82, 2.24) is 14.9 Å². The van der Waals surface area contributed by atoms with Crippen LogP contribution in [0.25, 0.3) is 0 Å². The molecule has 26 heavy (non-hydrogen) atoms. The first-order valence-electron chi connectivity index (χ1n) is 8.04. The predicted molar refractivity (Wildman–Crippen MR) is 92.4 cm³/mol. The molecule has 1 aromatic carbocycles. The van der Waals surface area contributed by atoms with Gasteiger partial charge < -0.3 is 10.1 Å². The number of fused-ring (bicyclic) bond motifs is 1. The van der Waals surface area contributed by atoms with E-state index in [1.54, 1.807) is 0 Å². The Bertz CT molecular complexity index is 725. The van der Waals surface area contributed by atoms with Crippen LogP contribution in [0.2, 0.25) is 0 Å². The molecule has 0 radical (unpaired) electrons. The molecule has 2 heterocycles. The van der Waals surface area contributed by atoms with E-state index in [1.165, 1.54) is 23.1 Å². The quantitative estimate of drug-likeness (QED) is 0.755. The third-order valence-electron chi connectivity index (χ3n) is 4.41. The molecule has 1 fully saturated rings. The van der Waals surface area contributed by atoms with E-state index in [2.05, 4.69) is 10.0 Å². The molecule has 6 nitrogen and oxygen atoms in total. The van der Waals surface area contributed by atoms with E-state index in [0.717, 1.165) is 5.56 Å². The van der Waals surface area contributed by atoms with Crippen molar-refractivity contribution < 1.29 is 26.3 Å². The van der Waals surface area contributed by atoms with Gasteiger partial charge >= 0.3 is 6.18 Å². The molecule has 0 aromatic heterocycles. The Hall–Kier alpha value is -1.07. The number of hydrogen-bond donors (Lipinski definition) is 2. The summed E-state index contributed by atoms with van der Waals surface area (Å²) in [6.07, 6.45) is -3.92. The fraction of sp³-hybridized carbons (Fsp3) is 0.600. The number of rotatable bonds is 5. The average molecular weight is 416 g/mol. The minimum atomic E-state index is -4.51. The van der Waals surface area contributed by atoms with Crippen molar-refractivity contribution in [1.29, 1.82) is 0 Å². The monoisotopic (exact) mass is 415 g/mol. The Morgan fingerprint density at radius 1 is 1.27 bits per heavy atom. The van der Waals surface area contributed by atoms with Crippen LogP contribution >= 0.6 is 12.4 Å². The molecular weight excluding hydrogens is 395 g/mol. The van der Waals surface area contributed by atoms with Gasteiger partial charge in [-0.15, -0.1) is 12.4 Å². The van der Waals surface area contributed by atoms with Crippen molar-refractivity contribution >= 4 is 22.4 Å². The molecule has 1 atom stereocenters. The molecule has 1 unspecified atom stereocenters. The molecule has 2 aliphatic heterocycles. The summed E-state index contributed by atoms with van der Waals surface area (Å²) in [5.41, 5.74) is 0.748. The van der Waals surface area contributed by atoms with Gasteiger partial charge in [0.15, 0.2) is 0 Å². The highest BCUT2D eigenvalue weighted by Crippen LogP contribution is 2.28. The fourth-order valence-corrected chi connectivity index (χ4v) is 4.14. The van der Waals surface area contributed by atoms with E-state index in [4.69, 9.17) is 4.74 Å². The zero-order chi connectivity index (χ0) is 18.1. The molecule has 0 spiro atoms. The second-order valence-electron chi connectivity index (χ2n) is 6.06. The maximum atomic E-state index is 13.3. The Balaban J connectivity index is 0.00000243. The highest BCUT2D eigenvalue weighted by molar-refractivity contribution is 7.89. The Morgan fingerprint density at radius 3 is 2.62 bits per heavy atom. The number of halogens is 4. The van der Waals surface area contributed by atoms with Crippen LogP contribution in [-0.4, -0.2) is 64.9 Å². The summed E-state index contributed by atoms with van der Waals surface area (Å²) in [6, 6.07) is 2.49. The molecular formula is C15H21ClF3N3O3S. The van der Waals surface area contributed by atoms with E-state index in [-0.39, 0.29) is 30.4 Å². The summed E-state index contributed by atoms with van der Waals surface area (Å²) < 4.78 is 72.3. The maximum Gasteiger partial charge on any atom is 0.405 e. The van der Waals surface area contributed by atoms with Crippen molar-refractivity contribution in [3.05, 3.63) is 23.8 Å². The minimum Gasteiger partial charge on any atom is -0.493 e. The van der Waals surface area contributed by atoms with Gasteiger partial charge in [-0.3, -0.25) is 4.90 Å². The highest BCUT2D eigenvalue weighted by Gasteiger charge is 2.44. The first-order chi connectivity index (χ1) is 11.8. The lowest BCUT2D eigenvalue weighted by molar-refractivity contribution is -0.182. The van der Waals surface area contributed by atoms with E-state index >= 15 is 0 Å². The molecule has 11 heteroatoms. The summed E-state index contributed by atoms with van der Waals surface area (Å²) in [5.74, 6) is 0.618. The van der Waals surface area contributed by atoms with Crippen LogP contribution < -0.4 is 14.8 Å². The molecule has 3 rings (SSSR count). The number of ether oxygens (including phenoxy) is 1. The van der Waals surface area contributed by atoms with E-state index in [9.17, 15) is 21.6 Å². The van der Waals surface area contributed by atoms with Crippen LogP contribution in [0.3, 0.4) is 0 Å². The summed E-state index contributed by atoms with van der Waals surface area (Å²) in [5, 5.41) is 2.98. The normalized spacial score (nSPS) is 19.3. The predicted octanol–water partition coefficient (Wildman–Crippen LogP) is 1.16. The third-order valence-corrected chi connectivity index (χ3v) is 5.83. The van der Waals surface area contributed by atoms with Crippen LogP contribution in [0.5, 0.6) is 5.75 Å². The minimum absolute atomic E-state index is 0.